The molecule has 0 unspecified atom stereocenters. The van der Waals surface area contributed by atoms with Crippen LogP contribution in [0.2, 0.25) is 0 Å². The van der Waals surface area contributed by atoms with Crippen molar-refractivity contribution < 1.29 is 0 Å². The van der Waals surface area contributed by atoms with Gasteiger partial charge in [-0.1, -0.05) is 109 Å². The summed E-state index contributed by atoms with van der Waals surface area (Å²) in [7, 11) is 0. The number of fused-ring (bicyclic) bond motifs is 6. The molecule has 2 aromatic heterocycles. The van der Waals surface area contributed by atoms with Crippen molar-refractivity contribution in [2.45, 2.75) is 0 Å². The minimum Gasteiger partial charge on any atom is -0.309 e. The van der Waals surface area contributed by atoms with E-state index < -0.39 is 0 Å². The Morgan fingerprint density at radius 1 is 0.417 bits per heavy atom. The van der Waals surface area contributed by atoms with Gasteiger partial charge in [-0.3, -0.25) is 0 Å². The van der Waals surface area contributed by atoms with E-state index in [0.29, 0.717) is 11.1 Å². The molecule has 222 valence electrons. The van der Waals surface area contributed by atoms with E-state index in [4.69, 9.17) is 0 Å². The van der Waals surface area contributed by atoms with E-state index in [2.05, 4.69) is 137 Å². The summed E-state index contributed by atoms with van der Waals surface area (Å²) in [4.78, 5) is 0. The first kappa shape index (κ1) is 27.4. The van der Waals surface area contributed by atoms with E-state index in [9.17, 15) is 10.5 Å². The Bertz CT molecular complexity index is 2750. The standard InChI is InChI=1S/C44H26N4/c45-27-29-19-24-35(43(25-29)48-42-18-6-3-14-38(42)39-15-8-10-33(28-46)44(39)48)31-22-20-30(21-23-31)32-9-7-11-34(26-32)47-40-16-4-1-12-36(40)37-13-2-5-17-41(37)47/h1-26H. The third-order valence-corrected chi connectivity index (χ3v) is 9.40. The van der Waals surface area contributed by atoms with E-state index >= 15 is 0 Å². The fraction of sp³-hybridized carbons (Fsp3) is 0. The van der Waals surface area contributed by atoms with Crippen LogP contribution in [0.1, 0.15) is 11.1 Å². The van der Waals surface area contributed by atoms with Gasteiger partial charge < -0.3 is 9.13 Å². The van der Waals surface area contributed by atoms with Crippen LogP contribution in [0.5, 0.6) is 0 Å². The number of hydrogen-bond donors (Lipinski definition) is 0. The van der Waals surface area contributed by atoms with Gasteiger partial charge in [0.1, 0.15) is 6.07 Å². The number of para-hydroxylation sites is 4. The Morgan fingerprint density at radius 3 is 1.67 bits per heavy atom. The zero-order valence-corrected chi connectivity index (χ0v) is 25.8. The van der Waals surface area contributed by atoms with Crippen LogP contribution in [0.4, 0.5) is 0 Å². The van der Waals surface area contributed by atoms with Crippen molar-refractivity contribution in [3.63, 3.8) is 0 Å². The van der Waals surface area contributed by atoms with E-state index in [1.54, 1.807) is 0 Å². The normalized spacial score (nSPS) is 11.3. The van der Waals surface area contributed by atoms with Gasteiger partial charge in [0.25, 0.3) is 0 Å². The molecule has 9 rings (SSSR count). The molecule has 4 nitrogen and oxygen atoms in total. The number of rotatable bonds is 4. The van der Waals surface area contributed by atoms with Crippen molar-refractivity contribution in [2.75, 3.05) is 0 Å². The van der Waals surface area contributed by atoms with Crippen molar-refractivity contribution in [2.24, 2.45) is 0 Å². The second-order valence-corrected chi connectivity index (χ2v) is 12.0. The molecule has 4 heteroatoms. The molecular formula is C44H26N4. The monoisotopic (exact) mass is 610 g/mol. The van der Waals surface area contributed by atoms with E-state index in [-0.39, 0.29) is 0 Å². The van der Waals surface area contributed by atoms with Gasteiger partial charge in [0.05, 0.1) is 45.0 Å². The molecule has 0 spiro atoms. The van der Waals surface area contributed by atoms with Crippen LogP contribution in [-0.4, -0.2) is 9.13 Å². The summed E-state index contributed by atoms with van der Waals surface area (Å²) >= 11 is 0. The van der Waals surface area contributed by atoms with Gasteiger partial charge in [-0.15, -0.1) is 0 Å². The average molecular weight is 611 g/mol. The Morgan fingerprint density at radius 2 is 1.00 bits per heavy atom. The molecule has 0 aliphatic rings. The van der Waals surface area contributed by atoms with Crippen LogP contribution in [0, 0.1) is 22.7 Å². The maximum absolute atomic E-state index is 10.1. The SMILES string of the molecule is N#Cc1ccc(-c2ccc(-c3cccc(-n4c5ccccc5c5ccccc54)c3)cc2)c(-n2c3ccccc3c3cccc(C#N)c32)c1. The smallest absolute Gasteiger partial charge is 0.101 e. The van der Waals surface area contributed by atoms with Gasteiger partial charge in [0.2, 0.25) is 0 Å². The van der Waals surface area contributed by atoms with Crippen molar-refractivity contribution >= 4 is 43.6 Å². The van der Waals surface area contributed by atoms with Crippen molar-refractivity contribution in [1.29, 1.82) is 10.5 Å². The van der Waals surface area contributed by atoms with Crippen molar-refractivity contribution in [3.05, 3.63) is 169 Å². The average Bonchev–Trinajstić information content (AvgIpc) is 3.68. The summed E-state index contributed by atoms with van der Waals surface area (Å²) in [5, 5.41) is 24.6. The van der Waals surface area contributed by atoms with E-state index in [1.807, 2.05) is 42.5 Å². The molecule has 0 atom stereocenters. The zero-order valence-electron chi connectivity index (χ0n) is 25.8. The summed E-state index contributed by atoms with van der Waals surface area (Å²) in [6, 6.07) is 59.0. The highest BCUT2D eigenvalue weighted by atomic mass is 15.0. The fourth-order valence-corrected chi connectivity index (χ4v) is 7.26. The minimum absolute atomic E-state index is 0.563. The first-order valence-electron chi connectivity index (χ1n) is 15.9. The van der Waals surface area contributed by atoms with Gasteiger partial charge in [-0.25, -0.2) is 0 Å². The molecule has 0 radical (unpaired) electrons. The predicted octanol–water partition coefficient (Wildman–Crippen LogP) is 11.0. The van der Waals surface area contributed by atoms with E-state index in [1.165, 1.54) is 21.8 Å². The molecule has 0 amide bonds. The van der Waals surface area contributed by atoms with Crippen molar-refractivity contribution in [3.8, 4) is 45.8 Å². The first-order valence-corrected chi connectivity index (χ1v) is 15.9. The lowest BCUT2D eigenvalue weighted by molar-refractivity contribution is 1.17. The highest BCUT2D eigenvalue weighted by molar-refractivity contribution is 6.12. The van der Waals surface area contributed by atoms with Gasteiger partial charge in [0, 0.05) is 32.8 Å². The molecular weight excluding hydrogens is 585 g/mol. The van der Waals surface area contributed by atoms with Crippen LogP contribution in [0.25, 0.3) is 77.2 Å². The number of benzene rings is 7. The maximum Gasteiger partial charge on any atom is 0.101 e. The molecule has 0 saturated heterocycles. The quantitative estimate of drug-likeness (QED) is 0.199. The molecule has 0 N–H and O–H groups in total. The summed E-state index contributed by atoms with van der Waals surface area (Å²) < 4.78 is 4.48. The molecule has 0 aliphatic carbocycles. The highest BCUT2D eigenvalue weighted by Crippen LogP contribution is 2.39. The van der Waals surface area contributed by atoms with Crippen LogP contribution < -0.4 is 0 Å². The van der Waals surface area contributed by atoms with E-state index in [0.717, 1.165) is 55.4 Å². The van der Waals surface area contributed by atoms with Gasteiger partial charge in [-0.2, -0.15) is 10.5 Å². The summed E-state index contributed by atoms with van der Waals surface area (Å²) in [6.45, 7) is 0. The molecule has 0 bridgehead atoms. The van der Waals surface area contributed by atoms with Gasteiger partial charge >= 0.3 is 0 Å². The summed E-state index contributed by atoms with van der Waals surface area (Å²) in [6.07, 6.45) is 0. The Hall–Kier alpha value is -6.88. The molecule has 48 heavy (non-hydrogen) atoms. The number of aromatic nitrogens is 2. The summed E-state index contributed by atoms with van der Waals surface area (Å²) in [5.74, 6) is 0. The number of nitriles is 2. The second-order valence-electron chi connectivity index (χ2n) is 12.0. The third kappa shape index (κ3) is 4.14. The molecule has 0 fully saturated rings. The second kappa shape index (κ2) is 10.9. The van der Waals surface area contributed by atoms with Crippen LogP contribution >= 0.6 is 0 Å². The molecule has 0 saturated carbocycles. The first-order chi connectivity index (χ1) is 23.7. The van der Waals surface area contributed by atoms with Crippen molar-refractivity contribution in [1.82, 2.24) is 9.13 Å². The Labute approximate surface area is 277 Å². The number of hydrogen-bond acceptors (Lipinski definition) is 2. The fourth-order valence-electron chi connectivity index (χ4n) is 7.26. The molecule has 2 heterocycles. The largest absolute Gasteiger partial charge is 0.309 e. The zero-order chi connectivity index (χ0) is 32.2. The lowest BCUT2D eigenvalue weighted by Gasteiger charge is -2.16. The maximum atomic E-state index is 10.1. The Balaban J connectivity index is 1.18. The van der Waals surface area contributed by atoms with Crippen LogP contribution in [-0.2, 0) is 0 Å². The van der Waals surface area contributed by atoms with Crippen LogP contribution in [0.15, 0.2) is 158 Å². The lowest BCUT2D eigenvalue weighted by Crippen LogP contribution is -1.99. The number of nitrogens with zero attached hydrogens (tertiary/aromatic N) is 4. The molecule has 9 aromatic rings. The lowest BCUT2D eigenvalue weighted by atomic mass is 9.97. The topological polar surface area (TPSA) is 57.4 Å². The summed E-state index contributed by atoms with van der Waals surface area (Å²) in [5.41, 5.74) is 11.6. The molecule has 7 aromatic carbocycles. The molecule has 0 aliphatic heterocycles. The van der Waals surface area contributed by atoms with Gasteiger partial charge in [-0.05, 0) is 65.2 Å². The van der Waals surface area contributed by atoms with Crippen LogP contribution in [0.3, 0.4) is 0 Å². The minimum atomic E-state index is 0.563. The highest BCUT2D eigenvalue weighted by Gasteiger charge is 2.19. The van der Waals surface area contributed by atoms with Gasteiger partial charge in [0.15, 0.2) is 0 Å². The Kier molecular flexibility index (Phi) is 6.22. The predicted molar refractivity (Wildman–Crippen MR) is 195 cm³/mol. The third-order valence-electron chi connectivity index (χ3n) is 9.40.